The highest BCUT2D eigenvalue weighted by Gasteiger charge is 2.23. The zero-order chi connectivity index (χ0) is 27.9. The molecule has 204 valence electrons. The molecule has 0 bridgehead atoms. The summed E-state index contributed by atoms with van der Waals surface area (Å²) < 4.78 is 7.03. The molecule has 0 aliphatic heterocycles. The quantitative estimate of drug-likeness (QED) is 0.168. The predicted molar refractivity (Wildman–Crippen MR) is 160 cm³/mol. The summed E-state index contributed by atoms with van der Waals surface area (Å²) in [5, 5.41) is 14.7. The third-order valence-corrected chi connectivity index (χ3v) is 8.28. The molecule has 0 saturated carbocycles. The van der Waals surface area contributed by atoms with E-state index < -0.39 is 5.97 Å². The Morgan fingerprint density at radius 2 is 1.67 bits per heavy atom. The lowest BCUT2D eigenvalue weighted by Gasteiger charge is -2.21. The lowest BCUT2D eigenvalue weighted by atomic mass is 10.0. The van der Waals surface area contributed by atoms with Crippen molar-refractivity contribution in [1.29, 1.82) is 0 Å². The number of carbonyl (C=O) groups excluding carboxylic acids is 2. The lowest BCUT2D eigenvalue weighted by Crippen LogP contribution is -2.21. The molecule has 0 atom stereocenters. The Morgan fingerprint density at radius 3 is 2.28 bits per heavy atom. The number of nitrogens with one attached hydrogen (secondary N) is 1. The molecule has 0 fully saturated rings. The van der Waals surface area contributed by atoms with Crippen LogP contribution in [0.4, 0.5) is 10.7 Å². The number of hydrogen-bond acceptors (Lipinski definition) is 8. The van der Waals surface area contributed by atoms with Gasteiger partial charge in [0.25, 0.3) is 0 Å². The standard InChI is InChI=1S/C29H33N5O3S2/c1-6-33(7-2)22-15-13-21(14-16-22)26-31-32-29(34(26)8-3)39-18-24(35)30-27-25(28(36)37-5)23(17-38-27)20-11-9-19(4)10-12-20/h9-17H,6-8,18H2,1-5H3,(H,30,35). The monoisotopic (exact) mass is 563 g/mol. The first-order chi connectivity index (χ1) is 18.9. The van der Waals surface area contributed by atoms with Gasteiger partial charge in [0.2, 0.25) is 5.91 Å². The number of aryl methyl sites for hydroxylation is 1. The highest BCUT2D eigenvalue weighted by atomic mass is 32.2. The van der Waals surface area contributed by atoms with Crippen molar-refractivity contribution < 1.29 is 14.3 Å². The van der Waals surface area contributed by atoms with Crippen molar-refractivity contribution in [3.63, 3.8) is 0 Å². The van der Waals surface area contributed by atoms with Crippen LogP contribution in [-0.2, 0) is 16.1 Å². The van der Waals surface area contributed by atoms with Crippen LogP contribution in [0.3, 0.4) is 0 Å². The number of nitrogens with zero attached hydrogens (tertiary/aromatic N) is 4. The van der Waals surface area contributed by atoms with Crippen LogP contribution in [0, 0.1) is 6.92 Å². The number of carbonyl (C=O) groups is 2. The molecule has 4 aromatic rings. The van der Waals surface area contributed by atoms with E-state index in [9.17, 15) is 9.59 Å². The summed E-state index contributed by atoms with van der Waals surface area (Å²) in [6, 6.07) is 16.2. The molecule has 0 aliphatic carbocycles. The highest BCUT2D eigenvalue weighted by Crippen LogP contribution is 2.36. The van der Waals surface area contributed by atoms with Gasteiger partial charge in [0.15, 0.2) is 11.0 Å². The summed E-state index contributed by atoms with van der Waals surface area (Å²) in [4.78, 5) is 27.9. The molecule has 2 heterocycles. The Kier molecular flexibility index (Phi) is 9.42. The number of benzene rings is 2. The maximum absolute atomic E-state index is 12.9. The van der Waals surface area contributed by atoms with Crippen molar-refractivity contribution in [2.75, 3.05) is 36.2 Å². The average Bonchev–Trinajstić information content (AvgIpc) is 3.57. The fourth-order valence-electron chi connectivity index (χ4n) is 4.30. The molecule has 0 aliphatic rings. The van der Waals surface area contributed by atoms with E-state index in [1.54, 1.807) is 0 Å². The van der Waals surface area contributed by atoms with Gasteiger partial charge in [-0.15, -0.1) is 21.5 Å². The molecule has 1 amide bonds. The Morgan fingerprint density at radius 1 is 1.00 bits per heavy atom. The van der Waals surface area contributed by atoms with Gasteiger partial charge in [-0.25, -0.2) is 4.79 Å². The molecular weight excluding hydrogens is 530 g/mol. The van der Waals surface area contributed by atoms with Crippen LogP contribution in [0.15, 0.2) is 59.1 Å². The SMILES string of the molecule is CCN(CC)c1ccc(-c2nnc(SCC(=O)Nc3scc(-c4ccc(C)cc4)c3C(=O)OC)n2CC)cc1. The van der Waals surface area contributed by atoms with E-state index in [2.05, 4.69) is 58.5 Å². The van der Waals surface area contributed by atoms with Crippen LogP contribution in [-0.4, -0.2) is 52.6 Å². The van der Waals surface area contributed by atoms with E-state index in [4.69, 9.17) is 4.74 Å². The summed E-state index contributed by atoms with van der Waals surface area (Å²) >= 11 is 2.62. The van der Waals surface area contributed by atoms with Crippen LogP contribution in [0.1, 0.15) is 36.7 Å². The minimum atomic E-state index is -0.489. The normalized spacial score (nSPS) is 10.9. The van der Waals surface area contributed by atoms with Crippen LogP contribution in [0.2, 0.25) is 0 Å². The molecule has 0 radical (unpaired) electrons. The molecule has 0 saturated heterocycles. The molecule has 10 heteroatoms. The van der Waals surface area contributed by atoms with E-state index in [0.29, 0.717) is 22.3 Å². The Labute approximate surface area is 237 Å². The number of thiophene rings is 1. The molecule has 2 aromatic heterocycles. The largest absolute Gasteiger partial charge is 0.465 e. The van der Waals surface area contributed by atoms with Crippen molar-refractivity contribution in [2.24, 2.45) is 0 Å². The minimum Gasteiger partial charge on any atom is -0.465 e. The summed E-state index contributed by atoms with van der Waals surface area (Å²) in [5.41, 5.74) is 5.25. The van der Waals surface area contributed by atoms with Gasteiger partial charge >= 0.3 is 5.97 Å². The van der Waals surface area contributed by atoms with Crippen LogP contribution >= 0.6 is 23.1 Å². The van der Waals surface area contributed by atoms with E-state index in [-0.39, 0.29) is 11.7 Å². The lowest BCUT2D eigenvalue weighted by molar-refractivity contribution is -0.113. The van der Waals surface area contributed by atoms with Gasteiger partial charge in [0.05, 0.1) is 12.9 Å². The topological polar surface area (TPSA) is 89.3 Å². The van der Waals surface area contributed by atoms with Crippen molar-refractivity contribution in [3.8, 4) is 22.5 Å². The molecule has 0 unspecified atom stereocenters. The number of thioether (sulfide) groups is 1. The summed E-state index contributed by atoms with van der Waals surface area (Å²) in [6.45, 7) is 10.9. The first-order valence-electron chi connectivity index (χ1n) is 12.9. The van der Waals surface area contributed by atoms with E-state index >= 15 is 0 Å². The molecule has 1 N–H and O–H groups in total. The van der Waals surface area contributed by atoms with E-state index in [0.717, 1.165) is 41.2 Å². The second kappa shape index (κ2) is 12.9. The predicted octanol–water partition coefficient (Wildman–Crippen LogP) is 6.37. The fourth-order valence-corrected chi connectivity index (χ4v) is 6.07. The molecule has 0 spiro atoms. The smallest absolute Gasteiger partial charge is 0.341 e. The highest BCUT2D eigenvalue weighted by molar-refractivity contribution is 7.99. The maximum atomic E-state index is 12.9. The van der Waals surface area contributed by atoms with Crippen LogP contribution < -0.4 is 10.2 Å². The second-order valence-corrected chi connectivity index (χ2v) is 10.6. The Bertz CT molecular complexity index is 1420. The van der Waals surface area contributed by atoms with Gasteiger partial charge < -0.3 is 19.5 Å². The molecule has 8 nitrogen and oxygen atoms in total. The zero-order valence-corrected chi connectivity index (χ0v) is 24.5. The van der Waals surface area contributed by atoms with Crippen molar-refractivity contribution >= 4 is 45.7 Å². The van der Waals surface area contributed by atoms with Gasteiger partial charge in [0.1, 0.15) is 10.6 Å². The van der Waals surface area contributed by atoms with E-state index in [1.807, 2.05) is 48.1 Å². The van der Waals surface area contributed by atoms with Gasteiger partial charge in [-0.3, -0.25) is 4.79 Å². The number of anilines is 2. The number of esters is 1. The number of aromatic nitrogens is 3. The van der Waals surface area contributed by atoms with E-state index in [1.165, 1.54) is 35.9 Å². The first kappa shape index (κ1) is 28.4. The molecule has 2 aromatic carbocycles. The molecule has 39 heavy (non-hydrogen) atoms. The Hall–Kier alpha value is -3.63. The Balaban J connectivity index is 1.48. The van der Waals surface area contributed by atoms with Crippen molar-refractivity contribution in [1.82, 2.24) is 14.8 Å². The second-order valence-electron chi connectivity index (χ2n) is 8.82. The van der Waals surface area contributed by atoms with Gasteiger partial charge in [-0.1, -0.05) is 41.6 Å². The molecule has 4 rings (SSSR count). The number of amides is 1. The molecular formula is C29H33N5O3S2. The third kappa shape index (κ3) is 6.34. The first-order valence-corrected chi connectivity index (χ1v) is 14.7. The van der Waals surface area contributed by atoms with Gasteiger partial charge in [-0.05, 0) is 57.5 Å². The van der Waals surface area contributed by atoms with Crippen LogP contribution in [0.25, 0.3) is 22.5 Å². The summed E-state index contributed by atoms with van der Waals surface area (Å²) in [5.74, 6) is 0.160. The maximum Gasteiger partial charge on any atom is 0.341 e. The van der Waals surface area contributed by atoms with Crippen LogP contribution in [0.5, 0.6) is 0 Å². The number of methoxy groups -OCH3 is 1. The average molecular weight is 564 g/mol. The van der Waals surface area contributed by atoms with Crippen molar-refractivity contribution in [2.45, 2.75) is 39.4 Å². The number of hydrogen-bond donors (Lipinski definition) is 1. The zero-order valence-electron chi connectivity index (χ0n) is 22.9. The third-order valence-electron chi connectivity index (χ3n) is 6.42. The minimum absolute atomic E-state index is 0.122. The van der Waals surface area contributed by atoms with Gasteiger partial charge in [-0.2, -0.15) is 0 Å². The fraction of sp³-hybridized carbons (Fsp3) is 0.310. The summed E-state index contributed by atoms with van der Waals surface area (Å²) in [6.07, 6.45) is 0. The van der Waals surface area contributed by atoms with Crippen molar-refractivity contribution in [3.05, 3.63) is 65.0 Å². The number of rotatable bonds is 11. The summed E-state index contributed by atoms with van der Waals surface area (Å²) in [7, 11) is 1.34. The van der Waals surface area contributed by atoms with Gasteiger partial charge in [0, 0.05) is 41.8 Å². The number of ether oxygens (including phenoxy) is 1.